The number of hydrogen-bond donors (Lipinski definition) is 0. The summed E-state index contributed by atoms with van der Waals surface area (Å²) in [6.07, 6.45) is 1.10. The molecule has 0 N–H and O–H groups in total. The first-order chi connectivity index (χ1) is 17.7. The van der Waals surface area contributed by atoms with Crippen molar-refractivity contribution in [2.24, 2.45) is 0 Å². The fraction of sp³-hybridized carbons (Fsp3) is 0.296. The van der Waals surface area contributed by atoms with E-state index in [2.05, 4.69) is 0 Å². The van der Waals surface area contributed by atoms with Crippen LogP contribution in [0.25, 0.3) is 11.1 Å². The van der Waals surface area contributed by atoms with Gasteiger partial charge in [0.25, 0.3) is 11.6 Å². The van der Waals surface area contributed by atoms with Gasteiger partial charge in [0.2, 0.25) is 5.79 Å². The molecule has 0 saturated carbocycles. The topological polar surface area (TPSA) is 102 Å². The lowest BCUT2D eigenvalue weighted by atomic mass is 9.99. The van der Waals surface area contributed by atoms with Crippen molar-refractivity contribution in [3.63, 3.8) is 0 Å². The zero-order valence-electron chi connectivity index (χ0n) is 20.6. The number of nitro groups is 1. The number of carbonyl (C=O) groups is 1. The molecule has 0 aromatic heterocycles. The number of benzene rings is 3. The Hall–Kier alpha value is -3.60. The van der Waals surface area contributed by atoms with Crippen LogP contribution in [0.3, 0.4) is 0 Å². The summed E-state index contributed by atoms with van der Waals surface area (Å²) < 4.78 is 27.3. The molecule has 2 heterocycles. The van der Waals surface area contributed by atoms with Gasteiger partial charge in [-0.15, -0.1) is 0 Å². The van der Waals surface area contributed by atoms with E-state index in [1.807, 2.05) is 46.8 Å². The van der Waals surface area contributed by atoms with Crippen molar-refractivity contribution >= 4 is 22.6 Å². The molecule has 1 fully saturated rings. The molecule has 3 aromatic carbocycles. The maximum absolute atomic E-state index is 13.0. The number of fused-ring (bicyclic) bond motifs is 1. The summed E-state index contributed by atoms with van der Waals surface area (Å²) in [6.45, 7) is 1.43. The van der Waals surface area contributed by atoms with Crippen LogP contribution in [0.4, 0.5) is 5.69 Å². The molecule has 5 rings (SSSR count). The molecule has 192 valence electrons. The summed E-state index contributed by atoms with van der Waals surface area (Å²) in [7, 11) is 2.05. The molecule has 37 heavy (non-hydrogen) atoms. The summed E-state index contributed by atoms with van der Waals surface area (Å²) in [5.41, 5.74) is 3.58. The molecule has 1 amide bonds. The van der Waals surface area contributed by atoms with Crippen molar-refractivity contribution in [2.75, 3.05) is 27.2 Å². The molecule has 10 heteroatoms. The van der Waals surface area contributed by atoms with E-state index in [9.17, 15) is 19.1 Å². The minimum Gasteiger partial charge on any atom is -0.462 e. The molecule has 0 bridgehead atoms. The molecule has 1 atom stereocenters. The highest BCUT2D eigenvalue weighted by atomic mass is 32.2. The van der Waals surface area contributed by atoms with Crippen molar-refractivity contribution < 1.29 is 23.4 Å². The molecule has 0 aliphatic carbocycles. The van der Waals surface area contributed by atoms with Crippen LogP contribution in [0.2, 0.25) is 0 Å². The van der Waals surface area contributed by atoms with Crippen molar-refractivity contribution in [2.45, 2.75) is 30.1 Å². The number of nitro benzene ring substituents is 1. The Bertz CT molecular complexity index is 1350. The Kier molecular flexibility index (Phi) is 6.80. The van der Waals surface area contributed by atoms with E-state index < -0.39 is 21.7 Å². The normalized spacial score (nSPS) is 17.5. The van der Waals surface area contributed by atoms with Gasteiger partial charge in [-0.25, -0.2) is 8.51 Å². The summed E-state index contributed by atoms with van der Waals surface area (Å²) in [5.74, 6) is -0.0233. The molecular formula is C27H27N3O6S. The van der Waals surface area contributed by atoms with Crippen LogP contribution in [0.15, 0.2) is 71.6 Å². The molecule has 2 aliphatic rings. The van der Waals surface area contributed by atoms with E-state index in [0.717, 1.165) is 22.4 Å². The zero-order chi connectivity index (χ0) is 26.2. The largest absolute Gasteiger partial charge is 0.462 e. The number of piperidine rings is 1. The van der Waals surface area contributed by atoms with Gasteiger partial charge in [-0.1, -0.05) is 18.2 Å². The second-order valence-corrected chi connectivity index (χ2v) is 10.8. The molecule has 9 nitrogen and oxygen atoms in total. The minimum atomic E-state index is -1.41. The van der Waals surface area contributed by atoms with Crippen molar-refractivity contribution in [3.8, 4) is 16.9 Å². The van der Waals surface area contributed by atoms with E-state index >= 15 is 0 Å². The highest BCUT2D eigenvalue weighted by Gasteiger charge is 2.42. The van der Waals surface area contributed by atoms with Gasteiger partial charge in [0.15, 0.2) is 0 Å². The average molecular weight is 522 g/mol. The number of rotatable bonds is 5. The van der Waals surface area contributed by atoms with Gasteiger partial charge in [-0.2, -0.15) is 0 Å². The number of ether oxygens (including phenoxy) is 2. The van der Waals surface area contributed by atoms with E-state index in [1.165, 1.54) is 24.3 Å². The number of hydrogen-bond acceptors (Lipinski definition) is 6. The third-order valence-electron chi connectivity index (χ3n) is 6.69. The van der Waals surface area contributed by atoms with Gasteiger partial charge < -0.3 is 14.4 Å². The van der Waals surface area contributed by atoms with Gasteiger partial charge >= 0.3 is 0 Å². The standard InChI is InChI=1S/C27H27N3O6S/c1-28(2)26(31)20-5-3-19(4-6-20)21-7-12-25-22(17-21)18-35-27(36-25)13-15-29(16-14-27)37(34)24-10-8-23(9-11-24)30(32)33/h3-12,17H,13-16,18H2,1-2H3. The van der Waals surface area contributed by atoms with Crippen molar-refractivity contribution in [3.05, 3.63) is 88.0 Å². The van der Waals surface area contributed by atoms with Crippen LogP contribution in [0.1, 0.15) is 28.8 Å². The second-order valence-electron chi connectivity index (χ2n) is 9.33. The number of amides is 1. The molecular weight excluding hydrogens is 494 g/mol. The van der Waals surface area contributed by atoms with Crippen LogP contribution in [0, 0.1) is 10.1 Å². The Labute approximate surface area is 217 Å². The predicted octanol–water partition coefficient (Wildman–Crippen LogP) is 4.39. The highest BCUT2D eigenvalue weighted by molar-refractivity contribution is 7.82. The van der Waals surface area contributed by atoms with Crippen LogP contribution in [0.5, 0.6) is 5.75 Å². The van der Waals surface area contributed by atoms with Gasteiger partial charge in [0.05, 0.1) is 16.4 Å². The molecule has 1 saturated heterocycles. The lowest BCUT2D eigenvalue weighted by Gasteiger charge is -2.43. The van der Waals surface area contributed by atoms with Crippen LogP contribution < -0.4 is 4.74 Å². The maximum atomic E-state index is 13.0. The van der Waals surface area contributed by atoms with Gasteiger partial charge in [0.1, 0.15) is 16.7 Å². The Morgan fingerprint density at radius 2 is 1.65 bits per heavy atom. The van der Waals surface area contributed by atoms with Crippen molar-refractivity contribution in [1.29, 1.82) is 0 Å². The third-order valence-corrected chi connectivity index (χ3v) is 8.20. The van der Waals surface area contributed by atoms with Crippen LogP contribution in [-0.2, 0) is 22.3 Å². The van der Waals surface area contributed by atoms with Gasteiger partial charge in [0, 0.05) is 63.3 Å². The lowest BCUT2D eigenvalue weighted by Crippen LogP contribution is -2.51. The third kappa shape index (κ3) is 5.13. The van der Waals surface area contributed by atoms with Crippen LogP contribution in [-0.4, -0.2) is 57.2 Å². The fourth-order valence-corrected chi connectivity index (χ4v) is 5.73. The maximum Gasteiger partial charge on any atom is 0.269 e. The Morgan fingerprint density at radius 3 is 2.27 bits per heavy atom. The minimum absolute atomic E-state index is 0.0272. The molecule has 1 spiro atoms. The Morgan fingerprint density at radius 1 is 1.00 bits per heavy atom. The summed E-state index contributed by atoms with van der Waals surface area (Å²) >= 11 is 0. The first-order valence-electron chi connectivity index (χ1n) is 11.9. The van der Waals surface area contributed by atoms with E-state index in [1.54, 1.807) is 19.0 Å². The van der Waals surface area contributed by atoms with E-state index in [4.69, 9.17) is 9.47 Å². The number of nitrogens with zero attached hydrogens (tertiary/aromatic N) is 3. The smallest absolute Gasteiger partial charge is 0.269 e. The SMILES string of the molecule is CN(C)C(=O)c1ccc(-c2ccc3c(c2)COC2(CCN(S(=O)c4ccc([N+](=O)[O-])cc4)CC2)O3)cc1. The van der Waals surface area contributed by atoms with Crippen molar-refractivity contribution in [1.82, 2.24) is 9.21 Å². The van der Waals surface area contributed by atoms with E-state index in [0.29, 0.717) is 43.0 Å². The zero-order valence-corrected chi connectivity index (χ0v) is 21.4. The lowest BCUT2D eigenvalue weighted by molar-refractivity contribution is -0.384. The Balaban J connectivity index is 1.23. The first-order valence-corrected chi connectivity index (χ1v) is 13.0. The molecule has 2 aliphatic heterocycles. The summed E-state index contributed by atoms with van der Waals surface area (Å²) in [4.78, 5) is 24.6. The summed E-state index contributed by atoms with van der Waals surface area (Å²) in [6, 6.07) is 19.3. The predicted molar refractivity (Wildman–Crippen MR) is 138 cm³/mol. The van der Waals surface area contributed by atoms with Crippen LogP contribution >= 0.6 is 0 Å². The first kappa shape index (κ1) is 25.1. The average Bonchev–Trinajstić information content (AvgIpc) is 2.92. The number of carbonyl (C=O) groups excluding carboxylic acids is 1. The molecule has 0 radical (unpaired) electrons. The monoisotopic (exact) mass is 521 g/mol. The number of non-ortho nitro benzene ring substituents is 1. The summed E-state index contributed by atoms with van der Waals surface area (Å²) in [5, 5.41) is 10.9. The fourth-order valence-electron chi connectivity index (χ4n) is 4.55. The molecule has 1 unspecified atom stereocenters. The molecule has 3 aromatic rings. The second kappa shape index (κ2) is 10.0. The van der Waals surface area contributed by atoms with Gasteiger partial charge in [-0.05, 0) is 47.5 Å². The quantitative estimate of drug-likeness (QED) is 0.365. The highest BCUT2D eigenvalue weighted by Crippen LogP contribution is 2.39. The van der Waals surface area contributed by atoms with E-state index in [-0.39, 0.29) is 11.6 Å². The van der Waals surface area contributed by atoms with Gasteiger partial charge in [-0.3, -0.25) is 14.9 Å².